The minimum atomic E-state index is -0.194. The minimum absolute atomic E-state index is 0.00403. The maximum atomic E-state index is 11.7. The fourth-order valence-corrected chi connectivity index (χ4v) is 2.22. The predicted octanol–water partition coefficient (Wildman–Crippen LogP) is 1.51. The Bertz CT molecular complexity index is 476. The molecule has 0 fully saturated rings. The van der Waals surface area contributed by atoms with Crippen LogP contribution in [0.3, 0.4) is 0 Å². The van der Waals surface area contributed by atoms with E-state index in [1.807, 2.05) is 18.2 Å². The Kier molecular flexibility index (Phi) is 5.38. The topological polar surface area (TPSA) is 74.2 Å². The van der Waals surface area contributed by atoms with Crippen LogP contribution in [-0.2, 0) is 6.42 Å². The Balaban J connectivity index is 1.66. The van der Waals surface area contributed by atoms with Crippen LogP contribution in [0.2, 0.25) is 5.15 Å². The smallest absolute Gasteiger partial charge is 0.315 e. The zero-order valence-electron chi connectivity index (χ0n) is 11.1. The number of aliphatic hydroxyl groups excluding tert-OH is 1. The summed E-state index contributed by atoms with van der Waals surface area (Å²) >= 11 is 5.70. The Morgan fingerprint density at radius 2 is 2.30 bits per heavy atom. The van der Waals surface area contributed by atoms with Gasteiger partial charge in [0.1, 0.15) is 5.15 Å². The number of hydrogen-bond donors (Lipinski definition) is 3. The van der Waals surface area contributed by atoms with Gasteiger partial charge >= 0.3 is 6.03 Å². The van der Waals surface area contributed by atoms with E-state index in [4.69, 9.17) is 16.7 Å². The summed E-state index contributed by atoms with van der Waals surface area (Å²) in [6.07, 6.45) is 7.02. The zero-order chi connectivity index (χ0) is 14.4. The molecule has 2 amide bonds. The highest BCUT2D eigenvalue weighted by molar-refractivity contribution is 6.29. The standard InChI is InChI=1S/C14H18ClN3O2/c15-13-4-2-10(8-17-13)5-6-16-14(20)18-12-3-1-11(7-12)9-19/h1-4,8,11-12,19H,5-7,9H2,(H2,16,18,20)/t11-,12+/m0/s1. The van der Waals surface area contributed by atoms with Crippen LogP contribution in [-0.4, -0.2) is 35.3 Å². The van der Waals surface area contributed by atoms with Gasteiger partial charge in [-0.1, -0.05) is 29.8 Å². The van der Waals surface area contributed by atoms with E-state index < -0.39 is 0 Å². The molecule has 6 heteroatoms. The van der Waals surface area contributed by atoms with E-state index in [2.05, 4.69) is 15.6 Å². The van der Waals surface area contributed by atoms with Gasteiger partial charge in [0.05, 0.1) is 0 Å². The number of halogens is 1. The Morgan fingerprint density at radius 3 is 2.95 bits per heavy atom. The molecule has 0 unspecified atom stereocenters. The summed E-state index contributed by atoms with van der Waals surface area (Å²) in [7, 11) is 0. The number of nitrogens with one attached hydrogen (secondary N) is 2. The quantitative estimate of drug-likeness (QED) is 0.569. The van der Waals surface area contributed by atoms with E-state index in [-0.39, 0.29) is 24.6 Å². The molecule has 1 aromatic rings. The van der Waals surface area contributed by atoms with Gasteiger partial charge in [0.15, 0.2) is 0 Å². The van der Waals surface area contributed by atoms with E-state index in [0.717, 1.165) is 12.0 Å². The molecule has 0 spiro atoms. The fraction of sp³-hybridized carbons (Fsp3) is 0.429. The molecule has 108 valence electrons. The first kappa shape index (κ1) is 14.8. The second-order valence-electron chi connectivity index (χ2n) is 4.81. The van der Waals surface area contributed by atoms with Crippen molar-refractivity contribution in [3.63, 3.8) is 0 Å². The number of aromatic nitrogens is 1. The Hall–Kier alpha value is -1.59. The van der Waals surface area contributed by atoms with Crippen molar-refractivity contribution in [2.24, 2.45) is 5.92 Å². The second-order valence-corrected chi connectivity index (χ2v) is 5.20. The number of rotatable bonds is 5. The van der Waals surface area contributed by atoms with E-state index in [1.54, 1.807) is 12.3 Å². The van der Waals surface area contributed by atoms with Gasteiger partial charge in [0.25, 0.3) is 0 Å². The molecular formula is C14H18ClN3O2. The van der Waals surface area contributed by atoms with Crippen molar-refractivity contribution in [2.75, 3.05) is 13.2 Å². The molecule has 2 atom stereocenters. The van der Waals surface area contributed by atoms with Gasteiger partial charge in [-0.05, 0) is 24.5 Å². The predicted molar refractivity (Wildman–Crippen MR) is 77.6 cm³/mol. The lowest BCUT2D eigenvalue weighted by Gasteiger charge is -2.13. The summed E-state index contributed by atoms with van der Waals surface area (Å²) in [4.78, 5) is 15.7. The molecule has 0 radical (unpaired) electrons. The summed E-state index contributed by atoms with van der Waals surface area (Å²) in [5.41, 5.74) is 1.02. The maximum absolute atomic E-state index is 11.7. The Labute approximate surface area is 123 Å². The van der Waals surface area contributed by atoms with Crippen LogP contribution in [0.4, 0.5) is 4.79 Å². The number of nitrogens with zero attached hydrogens (tertiary/aromatic N) is 1. The van der Waals surface area contributed by atoms with Crippen molar-refractivity contribution < 1.29 is 9.90 Å². The molecule has 0 saturated heterocycles. The van der Waals surface area contributed by atoms with Gasteiger partial charge in [0.2, 0.25) is 0 Å². The lowest BCUT2D eigenvalue weighted by molar-refractivity contribution is 0.231. The van der Waals surface area contributed by atoms with Crippen molar-refractivity contribution in [1.82, 2.24) is 15.6 Å². The molecule has 20 heavy (non-hydrogen) atoms. The van der Waals surface area contributed by atoms with Crippen molar-refractivity contribution in [1.29, 1.82) is 0 Å². The molecule has 1 aromatic heterocycles. The molecule has 3 N–H and O–H groups in total. The number of aliphatic hydroxyl groups is 1. The summed E-state index contributed by atoms with van der Waals surface area (Å²) in [5.74, 6) is 0.153. The Morgan fingerprint density at radius 1 is 1.45 bits per heavy atom. The van der Waals surface area contributed by atoms with Gasteiger partial charge in [-0.2, -0.15) is 0 Å². The third-order valence-electron chi connectivity index (χ3n) is 3.21. The maximum Gasteiger partial charge on any atom is 0.315 e. The highest BCUT2D eigenvalue weighted by Gasteiger charge is 2.19. The normalized spacial score (nSPS) is 20.9. The number of pyridine rings is 1. The highest BCUT2D eigenvalue weighted by atomic mass is 35.5. The van der Waals surface area contributed by atoms with Gasteiger partial charge < -0.3 is 15.7 Å². The van der Waals surface area contributed by atoms with E-state index in [1.165, 1.54) is 0 Å². The van der Waals surface area contributed by atoms with Crippen LogP contribution in [0.25, 0.3) is 0 Å². The van der Waals surface area contributed by atoms with Crippen LogP contribution < -0.4 is 10.6 Å². The van der Waals surface area contributed by atoms with Gasteiger partial charge in [-0.3, -0.25) is 0 Å². The summed E-state index contributed by atoms with van der Waals surface area (Å²) in [5, 5.41) is 15.1. The van der Waals surface area contributed by atoms with Crippen molar-refractivity contribution >= 4 is 17.6 Å². The number of urea groups is 1. The molecule has 0 aromatic carbocycles. The first-order valence-electron chi connectivity index (χ1n) is 6.61. The summed E-state index contributed by atoms with van der Waals surface area (Å²) in [6, 6.07) is 3.43. The van der Waals surface area contributed by atoms with Crippen molar-refractivity contribution in [3.8, 4) is 0 Å². The molecule has 5 nitrogen and oxygen atoms in total. The molecule has 1 aliphatic carbocycles. The number of carbonyl (C=O) groups excluding carboxylic acids is 1. The number of carbonyl (C=O) groups is 1. The van der Waals surface area contributed by atoms with Gasteiger partial charge in [-0.15, -0.1) is 0 Å². The lowest BCUT2D eigenvalue weighted by Crippen LogP contribution is -2.41. The highest BCUT2D eigenvalue weighted by Crippen LogP contribution is 2.16. The van der Waals surface area contributed by atoms with Crippen molar-refractivity contribution in [3.05, 3.63) is 41.2 Å². The number of amides is 2. The van der Waals surface area contributed by atoms with Gasteiger partial charge in [0, 0.05) is 31.3 Å². The third kappa shape index (κ3) is 4.51. The van der Waals surface area contributed by atoms with Crippen LogP contribution in [0.5, 0.6) is 0 Å². The van der Waals surface area contributed by atoms with Gasteiger partial charge in [-0.25, -0.2) is 9.78 Å². The molecule has 2 rings (SSSR count). The van der Waals surface area contributed by atoms with E-state index in [0.29, 0.717) is 18.1 Å². The molecule has 0 bridgehead atoms. The van der Waals surface area contributed by atoms with Crippen LogP contribution in [0, 0.1) is 5.92 Å². The monoisotopic (exact) mass is 295 g/mol. The zero-order valence-corrected chi connectivity index (χ0v) is 11.8. The first-order chi connectivity index (χ1) is 9.67. The largest absolute Gasteiger partial charge is 0.396 e. The van der Waals surface area contributed by atoms with Crippen molar-refractivity contribution in [2.45, 2.75) is 18.9 Å². The molecule has 1 aliphatic rings. The first-order valence-corrected chi connectivity index (χ1v) is 6.99. The second kappa shape index (κ2) is 7.26. The summed E-state index contributed by atoms with van der Waals surface area (Å²) in [6.45, 7) is 0.662. The van der Waals surface area contributed by atoms with Crippen LogP contribution in [0.1, 0.15) is 12.0 Å². The average molecular weight is 296 g/mol. The number of hydrogen-bond acceptors (Lipinski definition) is 3. The van der Waals surface area contributed by atoms with Crippen LogP contribution >= 0.6 is 11.6 Å². The fourth-order valence-electron chi connectivity index (χ4n) is 2.11. The van der Waals surface area contributed by atoms with E-state index >= 15 is 0 Å². The third-order valence-corrected chi connectivity index (χ3v) is 3.43. The molecular weight excluding hydrogens is 278 g/mol. The van der Waals surface area contributed by atoms with Crippen LogP contribution in [0.15, 0.2) is 30.5 Å². The molecule has 1 heterocycles. The lowest BCUT2D eigenvalue weighted by atomic mass is 10.1. The SMILES string of the molecule is O=C(NCCc1ccc(Cl)nc1)N[C@@H]1C=C[C@H](CO)C1. The average Bonchev–Trinajstić information content (AvgIpc) is 2.88. The van der Waals surface area contributed by atoms with E-state index in [9.17, 15) is 4.79 Å². The minimum Gasteiger partial charge on any atom is -0.396 e. The summed E-state index contributed by atoms with van der Waals surface area (Å²) < 4.78 is 0. The molecule has 0 aliphatic heterocycles. The molecule has 0 saturated carbocycles.